The van der Waals surface area contributed by atoms with Crippen molar-refractivity contribution in [2.45, 2.75) is 32.6 Å². The van der Waals surface area contributed by atoms with Gasteiger partial charge in [0.2, 0.25) is 0 Å². The van der Waals surface area contributed by atoms with Crippen LogP contribution in [0.15, 0.2) is 0 Å². The molecule has 0 spiro atoms. The van der Waals surface area contributed by atoms with E-state index in [-0.39, 0.29) is 12.6 Å². The third kappa shape index (κ3) is 4.20. The van der Waals surface area contributed by atoms with Crippen molar-refractivity contribution in [3.8, 4) is 0 Å². The van der Waals surface area contributed by atoms with Gasteiger partial charge in [0.15, 0.2) is 0 Å². The lowest BCUT2D eigenvalue weighted by Crippen LogP contribution is -2.44. The molecule has 2 rings (SSSR count). The molecule has 102 valence electrons. The minimum atomic E-state index is -0.869. The summed E-state index contributed by atoms with van der Waals surface area (Å²) in [7, 11) is 0. The Balaban J connectivity index is 1.76. The molecular weight excluding hydrogens is 232 g/mol. The van der Waals surface area contributed by atoms with Crippen LogP contribution >= 0.6 is 0 Å². The highest BCUT2D eigenvalue weighted by atomic mass is 16.4. The average Bonchev–Trinajstić information content (AvgIpc) is 3.18. The molecule has 2 aliphatic rings. The van der Waals surface area contributed by atoms with Gasteiger partial charge < -0.3 is 15.3 Å². The van der Waals surface area contributed by atoms with Crippen molar-refractivity contribution in [3.05, 3.63) is 0 Å². The Bertz CT molecular complexity index is 310. The molecule has 1 atom stereocenters. The second-order valence-corrected chi connectivity index (χ2v) is 5.72. The van der Waals surface area contributed by atoms with Crippen molar-refractivity contribution in [1.29, 1.82) is 0 Å². The molecule has 2 aliphatic carbocycles. The van der Waals surface area contributed by atoms with E-state index >= 15 is 0 Å². The SMILES string of the molecule is CC(CNC(=O)N(CC1CC1)CC1CC1)C(=O)O. The molecule has 1 unspecified atom stereocenters. The van der Waals surface area contributed by atoms with Crippen LogP contribution in [0.2, 0.25) is 0 Å². The molecule has 0 saturated heterocycles. The topological polar surface area (TPSA) is 69.6 Å². The van der Waals surface area contributed by atoms with Crippen molar-refractivity contribution >= 4 is 12.0 Å². The second-order valence-electron chi connectivity index (χ2n) is 5.72. The standard InChI is InChI=1S/C13H22N2O3/c1-9(12(16)17)6-14-13(18)15(7-10-2-3-10)8-11-4-5-11/h9-11H,2-8H2,1H3,(H,14,18)(H,16,17). The zero-order valence-corrected chi connectivity index (χ0v) is 10.9. The van der Waals surface area contributed by atoms with Crippen molar-refractivity contribution in [2.24, 2.45) is 17.8 Å². The quantitative estimate of drug-likeness (QED) is 0.724. The normalized spacial score (nSPS) is 20.3. The lowest BCUT2D eigenvalue weighted by Gasteiger charge is -2.23. The zero-order chi connectivity index (χ0) is 13.1. The van der Waals surface area contributed by atoms with Gasteiger partial charge in [0.25, 0.3) is 0 Å². The summed E-state index contributed by atoms with van der Waals surface area (Å²) in [6.45, 7) is 3.49. The van der Waals surface area contributed by atoms with Crippen molar-refractivity contribution in [1.82, 2.24) is 10.2 Å². The third-order valence-corrected chi connectivity index (χ3v) is 3.62. The summed E-state index contributed by atoms with van der Waals surface area (Å²) >= 11 is 0. The predicted molar refractivity (Wildman–Crippen MR) is 67.2 cm³/mol. The molecule has 0 aromatic rings. The number of urea groups is 1. The first-order chi connectivity index (χ1) is 8.56. The minimum Gasteiger partial charge on any atom is -0.481 e. The van der Waals surface area contributed by atoms with Crippen molar-refractivity contribution in [2.75, 3.05) is 19.6 Å². The van der Waals surface area contributed by atoms with Crippen LogP contribution in [0.3, 0.4) is 0 Å². The fourth-order valence-corrected chi connectivity index (χ4v) is 1.90. The molecule has 0 radical (unpaired) electrons. The molecule has 0 aromatic carbocycles. The molecule has 2 N–H and O–H groups in total. The first-order valence-corrected chi connectivity index (χ1v) is 6.82. The second kappa shape index (κ2) is 5.59. The van der Waals surface area contributed by atoms with Crippen LogP contribution in [0.25, 0.3) is 0 Å². The monoisotopic (exact) mass is 254 g/mol. The predicted octanol–water partition coefficient (Wildman–Crippen LogP) is 1.54. The van der Waals surface area contributed by atoms with Gasteiger partial charge in [-0.3, -0.25) is 4.79 Å². The number of rotatable bonds is 7. The Morgan fingerprint density at radius 1 is 1.22 bits per heavy atom. The number of carbonyl (C=O) groups is 2. The lowest BCUT2D eigenvalue weighted by molar-refractivity contribution is -0.140. The molecule has 2 saturated carbocycles. The molecule has 2 amide bonds. The van der Waals surface area contributed by atoms with Crippen LogP contribution in [0.4, 0.5) is 4.79 Å². The fourth-order valence-electron chi connectivity index (χ4n) is 1.90. The van der Waals surface area contributed by atoms with Gasteiger partial charge in [-0.05, 0) is 37.5 Å². The van der Waals surface area contributed by atoms with Gasteiger partial charge in [-0.1, -0.05) is 6.92 Å². The molecular formula is C13H22N2O3. The van der Waals surface area contributed by atoms with Crippen molar-refractivity contribution in [3.63, 3.8) is 0 Å². The zero-order valence-electron chi connectivity index (χ0n) is 10.9. The number of aliphatic carboxylic acids is 1. The summed E-state index contributed by atoms with van der Waals surface area (Å²) in [5.41, 5.74) is 0. The Kier molecular flexibility index (Phi) is 4.09. The molecule has 18 heavy (non-hydrogen) atoms. The van der Waals surface area contributed by atoms with Gasteiger partial charge in [-0.25, -0.2) is 4.79 Å². The van der Waals surface area contributed by atoms with Gasteiger partial charge in [0, 0.05) is 19.6 Å². The summed E-state index contributed by atoms with van der Waals surface area (Å²) in [6.07, 6.45) is 4.89. The highest BCUT2D eigenvalue weighted by Crippen LogP contribution is 2.33. The van der Waals surface area contributed by atoms with E-state index in [2.05, 4.69) is 5.32 Å². The Morgan fingerprint density at radius 3 is 2.11 bits per heavy atom. The van der Waals surface area contributed by atoms with E-state index in [1.165, 1.54) is 25.7 Å². The largest absolute Gasteiger partial charge is 0.481 e. The number of hydrogen-bond acceptors (Lipinski definition) is 2. The summed E-state index contributed by atoms with van der Waals surface area (Å²) in [4.78, 5) is 24.6. The maximum atomic E-state index is 12.0. The minimum absolute atomic E-state index is 0.0955. The highest BCUT2D eigenvalue weighted by Gasteiger charge is 2.31. The van der Waals surface area contributed by atoms with Crippen molar-refractivity contribution < 1.29 is 14.7 Å². The summed E-state index contributed by atoms with van der Waals surface area (Å²) in [5, 5.41) is 11.5. The molecule has 2 fully saturated rings. The number of carboxylic acids is 1. The van der Waals surface area contributed by atoms with Crippen LogP contribution in [-0.4, -0.2) is 41.6 Å². The molecule has 5 nitrogen and oxygen atoms in total. The van der Waals surface area contributed by atoms with Gasteiger partial charge in [-0.2, -0.15) is 0 Å². The Hall–Kier alpha value is -1.26. The Morgan fingerprint density at radius 2 is 1.72 bits per heavy atom. The van der Waals surface area contributed by atoms with Crippen LogP contribution < -0.4 is 5.32 Å². The van der Waals surface area contributed by atoms with E-state index in [0.717, 1.165) is 13.1 Å². The van der Waals surface area contributed by atoms with E-state index in [9.17, 15) is 9.59 Å². The van der Waals surface area contributed by atoms with Gasteiger partial charge >= 0.3 is 12.0 Å². The van der Waals surface area contributed by atoms with Crippen LogP contribution in [0.5, 0.6) is 0 Å². The average molecular weight is 254 g/mol. The summed E-state index contributed by atoms with van der Waals surface area (Å²) < 4.78 is 0. The summed E-state index contributed by atoms with van der Waals surface area (Å²) in [5.74, 6) is -0.0540. The number of carbonyl (C=O) groups excluding carboxylic acids is 1. The molecule has 0 aliphatic heterocycles. The van der Waals surface area contributed by atoms with Gasteiger partial charge in [-0.15, -0.1) is 0 Å². The van der Waals surface area contributed by atoms with E-state index in [1.807, 2.05) is 4.90 Å². The van der Waals surface area contributed by atoms with E-state index < -0.39 is 11.9 Å². The molecule has 0 heterocycles. The van der Waals surface area contributed by atoms with E-state index in [0.29, 0.717) is 11.8 Å². The first-order valence-electron chi connectivity index (χ1n) is 6.82. The number of nitrogens with one attached hydrogen (secondary N) is 1. The number of carboxylic acid groups (broad SMARTS) is 1. The number of hydrogen-bond donors (Lipinski definition) is 2. The van der Waals surface area contributed by atoms with E-state index in [4.69, 9.17) is 5.11 Å². The van der Waals surface area contributed by atoms with Crippen LogP contribution in [-0.2, 0) is 4.79 Å². The van der Waals surface area contributed by atoms with Gasteiger partial charge in [0.05, 0.1) is 5.92 Å². The molecule has 0 bridgehead atoms. The van der Waals surface area contributed by atoms with Crippen LogP contribution in [0, 0.1) is 17.8 Å². The summed E-state index contributed by atoms with van der Waals surface area (Å²) in [6, 6.07) is -0.0955. The highest BCUT2D eigenvalue weighted by molar-refractivity contribution is 5.76. The maximum absolute atomic E-state index is 12.0. The first kappa shape index (κ1) is 13.2. The number of amides is 2. The lowest BCUT2D eigenvalue weighted by atomic mass is 10.2. The smallest absolute Gasteiger partial charge is 0.317 e. The van der Waals surface area contributed by atoms with Gasteiger partial charge in [0.1, 0.15) is 0 Å². The molecule has 0 aromatic heterocycles. The van der Waals surface area contributed by atoms with Crippen LogP contribution in [0.1, 0.15) is 32.6 Å². The third-order valence-electron chi connectivity index (χ3n) is 3.62. The maximum Gasteiger partial charge on any atom is 0.317 e. The molecule has 5 heteroatoms. The Labute approximate surface area is 108 Å². The van der Waals surface area contributed by atoms with E-state index in [1.54, 1.807) is 6.92 Å². The number of nitrogens with zero attached hydrogens (tertiary/aromatic N) is 1. The fraction of sp³-hybridized carbons (Fsp3) is 0.846.